The summed E-state index contributed by atoms with van der Waals surface area (Å²) in [6.45, 7) is 7.25. The second-order valence-corrected chi connectivity index (χ2v) is 8.51. The van der Waals surface area contributed by atoms with E-state index in [1.54, 1.807) is 6.07 Å². The van der Waals surface area contributed by atoms with Crippen LogP contribution in [0.25, 0.3) is 0 Å². The predicted molar refractivity (Wildman–Crippen MR) is 90.8 cm³/mol. The van der Waals surface area contributed by atoms with Gasteiger partial charge in [0.05, 0.1) is 5.56 Å². The molecule has 24 heavy (non-hydrogen) atoms. The lowest BCUT2D eigenvalue weighted by molar-refractivity contribution is -0.135. The lowest BCUT2D eigenvalue weighted by Gasteiger charge is -2.39. The van der Waals surface area contributed by atoms with E-state index in [1.807, 2.05) is 4.90 Å². The second kappa shape index (κ2) is 6.03. The zero-order valence-corrected chi connectivity index (χ0v) is 15.1. The van der Waals surface area contributed by atoms with Crippen molar-refractivity contribution in [2.45, 2.75) is 46.1 Å². The van der Waals surface area contributed by atoms with Crippen LogP contribution in [0, 0.1) is 10.8 Å². The number of rotatable bonds is 3. The molecule has 0 unspecified atom stereocenters. The summed E-state index contributed by atoms with van der Waals surface area (Å²) in [4.78, 5) is 30.4. The lowest BCUT2D eigenvalue weighted by atomic mass is 9.65. The number of likely N-dealkylation sites (tertiary alicyclic amines) is 1. The quantitative estimate of drug-likeness (QED) is 0.619. The smallest absolute Gasteiger partial charge is 0.341 e. The number of fused-ring (bicyclic) bond motifs is 2. The van der Waals surface area contributed by atoms with Gasteiger partial charge in [0.25, 0.3) is 5.91 Å². The number of hydrogen-bond acceptors (Lipinski definition) is 4. The van der Waals surface area contributed by atoms with Crippen LogP contribution in [-0.4, -0.2) is 41.0 Å². The molecule has 3 rings (SSSR count). The Morgan fingerprint density at radius 1 is 1.38 bits per heavy atom. The molecule has 1 saturated carbocycles. The first kappa shape index (κ1) is 17.2. The van der Waals surface area contributed by atoms with Crippen LogP contribution in [-0.2, 0) is 9.53 Å². The van der Waals surface area contributed by atoms with Crippen molar-refractivity contribution in [3.8, 4) is 0 Å². The lowest BCUT2D eigenvalue weighted by Crippen LogP contribution is -2.39. The van der Waals surface area contributed by atoms with E-state index in [0.29, 0.717) is 0 Å². The second-order valence-electron chi connectivity index (χ2n) is 8.15. The van der Waals surface area contributed by atoms with Crippen LogP contribution >= 0.6 is 11.6 Å². The van der Waals surface area contributed by atoms with E-state index < -0.39 is 5.97 Å². The topological polar surface area (TPSA) is 59.5 Å². The van der Waals surface area contributed by atoms with Gasteiger partial charge in [-0.3, -0.25) is 4.79 Å². The van der Waals surface area contributed by atoms with Gasteiger partial charge in [-0.25, -0.2) is 9.78 Å². The fraction of sp³-hybridized carbons (Fsp3) is 0.611. The molecule has 1 saturated heterocycles. The Labute approximate surface area is 147 Å². The van der Waals surface area contributed by atoms with Crippen LogP contribution in [0.5, 0.6) is 0 Å². The molecule has 2 bridgehead atoms. The summed E-state index contributed by atoms with van der Waals surface area (Å²) in [5.74, 6) is -0.745. The molecule has 1 aliphatic heterocycles. The van der Waals surface area contributed by atoms with Gasteiger partial charge in [-0.1, -0.05) is 32.4 Å². The highest BCUT2D eigenvalue weighted by molar-refractivity contribution is 6.32. The maximum absolute atomic E-state index is 12.6. The molecule has 0 radical (unpaired) electrons. The molecule has 0 N–H and O–H groups in total. The van der Waals surface area contributed by atoms with Crippen molar-refractivity contribution in [2.24, 2.45) is 10.8 Å². The molecular weight excluding hydrogens is 328 g/mol. The van der Waals surface area contributed by atoms with Crippen LogP contribution in [0.1, 0.15) is 50.4 Å². The van der Waals surface area contributed by atoms with Crippen LogP contribution in [0.3, 0.4) is 0 Å². The normalized spacial score (nSPS) is 27.8. The Kier molecular flexibility index (Phi) is 4.32. The first-order valence-corrected chi connectivity index (χ1v) is 8.64. The van der Waals surface area contributed by atoms with Gasteiger partial charge in [-0.05, 0) is 42.2 Å². The highest BCUT2D eigenvalue weighted by Crippen LogP contribution is 2.52. The predicted octanol–water partition coefficient (Wildman–Crippen LogP) is 3.32. The molecule has 0 spiro atoms. The fourth-order valence-electron chi connectivity index (χ4n) is 4.58. The number of nitrogens with zero attached hydrogens (tertiary/aromatic N) is 2. The molecule has 6 heteroatoms. The molecule has 2 aliphatic rings. The Balaban J connectivity index is 1.62. The highest BCUT2D eigenvalue weighted by Gasteiger charge is 2.50. The van der Waals surface area contributed by atoms with Gasteiger partial charge in [0, 0.05) is 18.8 Å². The maximum atomic E-state index is 12.6. The Hall–Kier alpha value is -1.62. The van der Waals surface area contributed by atoms with E-state index in [4.69, 9.17) is 16.3 Å². The van der Waals surface area contributed by atoms with Gasteiger partial charge < -0.3 is 9.64 Å². The molecule has 0 aromatic carbocycles. The van der Waals surface area contributed by atoms with Gasteiger partial charge in [0.15, 0.2) is 6.61 Å². The van der Waals surface area contributed by atoms with Crippen molar-refractivity contribution in [3.63, 3.8) is 0 Å². The van der Waals surface area contributed by atoms with Gasteiger partial charge in [0.2, 0.25) is 0 Å². The number of esters is 1. The summed E-state index contributed by atoms with van der Waals surface area (Å²) < 4.78 is 5.16. The van der Waals surface area contributed by atoms with Crippen molar-refractivity contribution in [1.29, 1.82) is 0 Å². The van der Waals surface area contributed by atoms with Crippen LogP contribution in [0.2, 0.25) is 5.15 Å². The third-order valence-electron chi connectivity index (χ3n) is 5.04. The van der Waals surface area contributed by atoms with Crippen LogP contribution in [0.15, 0.2) is 18.3 Å². The van der Waals surface area contributed by atoms with Gasteiger partial charge in [-0.2, -0.15) is 0 Å². The molecule has 1 amide bonds. The minimum absolute atomic E-state index is 0.0845. The van der Waals surface area contributed by atoms with Crippen molar-refractivity contribution in [3.05, 3.63) is 29.0 Å². The zero-order valence-electron chi connectivity index (χ0n) is 14.3. The fourth-order valence-corrected chi connectivity index (χ4v) is 4.77. The number of hydrogen-bond donors (Lipinski definition) is 0. The summed E-state index contributed by atoms with van der Waals surface area (Å²) in [5.41, 5.74) is 0.589. The molecule has 1 aromatic rings. The number of ether oxygens (including phenoxy) is 1. The number of carbonyl (C=O) groups excluding carboxylic acids is 2. The van der Waals surface area contributed by atoms with Crippen LogP contribution in [0.4, 0.5) is 0 Å². The summed E-state index contributed by atoms with van der Waals surface area (Å²) in [5, 5.41) is 0.0845. The third-order valence-corrected chi connectivity index (χ3v) is 5.34. The van der Waals surface area contributed by atoms with Gasteiger partial charge in [-0.15, -0.1) is 0 Å². The average Bonchev–Trinajstić information content (AvgIpc) is 2.74. The minimum atomic E-state index is -0.616. The largest absolute Gasteiger partial charge is 0.452 e. The van der Waals surface area contributed by atoms with Crippen molar-refractivity contribution in [2.75, 3.05) is 13.2 Å². The monoisotopic (exact) mass is 350 g/mol. The molecular formula is C18H23ClN2O3. The Morgan fingerprint density at radius 3 is 2.83 bits per heavy atom. The first-order chi connectivity index (χ1) is 11.2. The van der Waals surface area contributed by atoms with Gasteiger partial charge in [0.1, 0.15) is 5.15 Å². The van der Waals surface area contributed by atoms with Crippen molar-refractivity contribution in [1.82, 2.24) is 9.88 Å². The number of carbonyl (C=O) groups is 2. The van der Waals surface area contributed by atoms with E-state index in [1.165, 1.54) is 12.3 Å². The summed E-state index contributed by atoms with van der Waals surface area (Å²) >= 11 is 5.88. The molecule has 2 fully saturated rings. The van der Waals surface area contributed by atoms with Gasteiger partial charge >= 0.3 is 5.97 Å². The molecule has 5 nitrogen and oxygen atoms in total. The molecule has 130 valence electrons. The maximum Gasteiger partial charge on any atom is 0.341 e. The van der Waals surface area contributed by atoms with E-state index in [-0.39, 0.29) is 40.1 Å². The molecule has 2 heterocycles. The number of aromatic nitrogens is 1. The standard InChI is InChI=1S/C18H23ClN2O3/c1-17(2)7-12-8-18(3,10-17)11-21(12)14(22)9-24-16(23)13-5-4-6-20-15(13)19/h4-6,12H,7-11H2,1-3H3/t12-,18-/m0/s1. The van der Waals surface area contributed by atoms with E-state index in [9.17, 15) is 9.59 Å². The first-order valence-electron chi connectivity index (χ1n) is 8.26. The van der Waals surface area contributed by atoms with Crippen molar-refractivity contribution < 1.29 is 14.3 Å². The SMILES string of the molecule is CC1(C)C[C@H]2C[C@](C)(CN2C(=O)COC(=O)c2cccnc2Cl)C1. The van der Waals surface area contributed by atoms with E-state index >= 15 is 0 Å². The Bertz CT molecular complexity index is 676. The van der Waals surface area contributed by atoms with Crippen LogP contribution < -0.4 is 0 Å². The molecule has 2 atom stereocenters. The number of pyridine rings is 1. The molecule has 1 aromatic heterocycles. The summed E-state index contributed by atoms with van der Waals surface area (Å²) in [7, 11) is 0. The zero-order chi connectivity index (χ0) is 17.5. The van der Waals surface area contributed by atoms with E-state index in [2.05, 4.69) is 25.8 Å². The third kappa shape index (κ3) is 3.41. The Morgan fingerprint density at radius 2 is 2.12 bits per heavy atom. The van der Waals surface area contributed by atoms with E-state index in [0.717, 1.165) is 25.8 Å². The highest BCUT2D eigenvalue weighted by atomic mass is 35.5. The number of halogens is 1. The van der Waals surface area contributed by atoms with Crippen molar-refractivity contribution >= 4 is 23.5 Å². The minimum Gasteiger partial charge on any atom is -0.452 e. The summed E-state index contributed by atoms with van der Waals surface area (Å²) in [6.07, 6.45) is 4.64. The molecule has 1 aliphatic carbocycles. The number of amides is 1. The average molecular weight is 351 g/mol. The summed E-state index contributed by atoms with van der Waals surface area (Å²) in [6, 6.07) is 3.39.